The molecule has 0 bridgehead atoms. The van der Waals surface area contributed by atoms with Crippen LogP contribution in [-0.4, -0.2) is 65.1 Å². The van der Waals surface area contributed by atoms with Crippen LogP contribution in [0.4, 0.5) is 0 Å². The number of hydrogen-bond donors (Lipinski definition) is 7. The summed E-state index contributed by atoms with van der Waals surface area (Å²) in [6.07, 6.45) is 1.99. The summed E-state index contributed by atoms with van der Waals surface area (Å²) in [5.74, 6) is -2.74. The van der Waals surface area contributed by atoms with E-state index in [1.807, 2.05) is 13.8 Å². The minimum absolute atomic E-state index is 0.0564. The number of unbranched alkanes of at least 4 members (excludes halogenated alkanes) is 1. The molecule has 190 valence electrons. The number of phenols is 1. The minimum Gasteiger partial charge on any atom is -0.508 e. The summed E-state index contributed by atoms with van der Waals surface area (Å²) in [4.78, 5) is 48.9. The van der Waals surface area contributed by atoms with E-state index in [2.05, 4.69) is 16.0 Å². The van der Waals surface area contributed by atoms with E-state index in [0.29, 0.717) is 25.8 Å². The molecule has 11 heteroatoms. The van der Waals surface area contributed by atoms with E-state index in [0.717, 1.165) is 5.56 Å². The zero-order valence-corrected chi connectivity index (χ0v) is 19.8. The number of aromatic hydroxyl groups is 1. The summed E-state index contributed by atoms with van der Waals surface area (Å²) >= 11 is 0. The highest BCUT2D eigenvalue weighted by Crippen LogP contribution is 2.12. The van der Waals surface area contributed by atoms with E-state index < -0.39 is 48.4 Å². The van der Waals surface area contributed by atoms with Crippen molar-refractivity contribution in [2.24, 2.45) is 17.4 Å². The Hall–Kier alpha value is -3.18. The fourth-order valence-electron chi connectivity index (χ4n) is 3.28. The summed E-state index contributed by atoms with van der Waals surface area (Å²) < 4.78 is 0. The van der Waals surface area contributed by atoms with Gasteiger partial charge in [0.15, 0.2) is 0 Å². The fourth-order valence-corrected chi connectivity index (χ4v) is 3.28. The van der Waals surface area contributed by atoms with Crippen molar-refractivity contribution < 1.29 is 29.4 Å². The number of carbonyl (C=O) groups excluding carboxylic acids is 3. The average Bonchev–Trinajstić information content (AvgIpc) is 2.77. The molecule has 0 aliphatic heterocycles. The molecule has 3 atom stereocenters. The predicted octanol–water partition coefficient (Wildman–Crippen LogP) is -0.392. The summed E-state index contributed by atoms with van der Waals surface area (Å²) in [6.45, 7) is 3.63. The molecule has 0 aliphatic rings. The zero-order valence-electron chi connectivity index (χ0n) is 19.8. The number of aliphatic carboxylic acids is 1. The van der Waals surface area contributed by atoms with Gasteiger partial charge in [-0.3, -0.25) is 19.2 Å². The average molecular weight is 480 g/mol. The quantitative estimate of drug-likeness (QED) is 0.165. The van der Waals surface area contributed by atoms with Crippen LogP contribution in [-0.2, 0) is 25.6 Å². The summed E-state index contributed by atoms with van der Waals surface area (Å²) in [5.41, 5.74) is 12.3. The van der Waals surface area contributed by atoms with Gasteiger partial charge in [0, 0.05) is 0 Å². The standard InChI is InChI=1S/C23H37N5O6/c1-14(2)11-19(28-21(32)17(25)12-15-6-8-16(29)9-7-15)23(34)27-18(5-3-4-10-24)22(33)26-13-20(30)31/h6-9,14,17-19,29H,3-5,10-13,24-25H2,1-2H3,(H,26,33)(H,27,34)(H,28,32)(H,30,31). The first-order chi connectivity index (χ1) is 16.0. The van der Waals surface area contributed by atoms with Gasteiger partial charge >= 0.3 is 5.97 Å². The van der Waals surface area contributed by atoms with E-state index in [4.69, 9.17) is 16.6 Å². The molecule has 34 heavy (non-hydrogen) atoms. The van der Waals surface area contributed by atoms with Gasteiger partial charge in [-0.15, -0.1) is 0 Å². The monoisotopic (exact) mass is 479 g/mol. The molecule has 1 aromatic rings. The molecular formula is C23H37N5O6. The summed E-state index contributed by atoms with van der Waals surface area (Å²) in [5, 5.41) is 25.8. The molecule has 11 nitrogen and oxygen atoms in total. The molecule has 0 aliphatic carbocycles. The number of carboxylic acids is 1. The number of carboxylic acid groups (broad SMARTS) is 1. The van der Waals surface area contributed by atoms with Gasteiger partial charge in [-0.05, 0) is 62.3 Å². The molecule has 0 fully saturated rings. The Kier molecular flexibility index (Phi) is 12.6. The van der Waals surface area contributed by atoms with Crippen molar-refractivity contribution in [3.8, 4) is 5.75 Å². The van der Waals surface area contributed by atoms with E-state index in [1.165, 1.54) is 12.1 Å². The molecule has 9 N–H and O–H groups in total. The zero-order chi connectivity index (χ0) is 25.7. The maximum atomic E-state index is 13.0. The Morgan fingerprint density at radius 3 is 2.12 bits per heavy atom. The largest absolute Gasteiger partial charge is 0.508 e. The van der Waals surface area contributed by atoms with Gasteiger partial charge in [-0.1, -0.05) is 26.0 Å². The van der Waals surface area contributed by atoms with Crippen molar-refractivity contribution in [3.63, 3.8) is 0 Å². The van der Waals surface area contributed by atoms with Crippen LogP contribution in [0.5, 0.6) is 5.75 Å². The highest BCUT2D eigenvalue weighted by molar-refractivity contribution is 5.93. The molecule has 0 radical (unpaired) electrons. The van der Waals surface area contributed by atoms with Crippen LogP contribution in [0.25, 0.3) is 0 Å². The molecule has 0 spiro atoms. The molecule has 0 heterocycles. The first kappa shape index (κ1) is 28.9. The van der Waals surface area contributed by atoms with Crippen molar-refractivity contribution in [2.45, 2.75) is 64.1 Å². The van der Waals surface area contributed by atoms with Crippen LogP contribution in [0.15, 0.2) is 24.3 Å². The SMILES string of the molecule is CC(C)CC(NC(=O)C(N)Cc1ccc(O)cc1)C(=O)NC(CCCCN)C(=O)NCC(=O)O. The molecule has 0 aromatic heterocycles. The second-order valence-electron chi connectivity index (χ2n) is 8.62. The third-order valence-electron chi connectivity index (χ3n) is 5.06. The van der Waals surface area contributed by atoms with Crippen molar-refractivity contribution in [3.05, 3.63) is 29.8 Å². The maximum Gasteiger partial charge on any atom is 0.322 e. The smallest absolute Gasteiger partial charge is 0.322 e. The first-order valence-corrected chi connectivity index (χ1v) is 11.4. The third kappa shape index (κ3) is 11.1. The topological polar surface area (TPSA) is 197 Å². The number of hydrogen-bond acceptors (Lipinski definition) is 7. The number of rotatable bonds is 15. The van der Waals surface area contributed by atoms with Gasteiger partial charge in [0.2, 0.25) is 17.7 Å². The predicted molar refractivity (Wildman–Crippen MR) is 127 cm³/mol. The van der Waals surface area contributed by atoms with Crippen molar-refractivity contribution in [1.82, 2.24) is 16.0 Å². The second kappa shape index (κ2) is 14.9. The van der Waals surface area contributed by atoms with Gasteiger partial charge in [0.1, 0.15) is 24.4 Å². The van der Waals surface area contributed by atoms with Crippen LogP contribution < -0.4 is 27.4 Å². The lowest BCUT2D eigenvalue weighted by molar-refractivity contribution is -0.138. The summed E-state index contributed by atoms with van der Waals surface area (Å²) in [7, 11) is 0. The van der Waals surface area contributed by atoms with Gasteiger partial charge in [-0.25, -0.2) is 0 Å². The van der Waals surface area contributed by atoms with E-state index in [-0.39, 0.29) is 24.5 Å². The van der Waals surface area contributed by atoms with E-state index in [9.17, 15) is 24.3 Å². The van der Waals surface area contributed by atoms with Gasteiger partial charge < -0.3 is 37.6 Å². The molecule has 1 rings (SSSR count). The van der Waals surface area contributed by atoms with Crippen molar-refractivity contribution in [1.29, 1.82) is 0 Å². The number of nitrogens with two attached hydrogens (primary N) is 2. The molecular weight excluding hydrogens is 442 g/mol. The molecule has 0 saturated heterocycles. The second-order valence-corrected chi connectivity index (χ2v) is 8.62. The number of amides is 3. The van der Waals surface area contributed by atoms with Gasteiger partial charge in [0.05, 0.1) is 6.04 Å². The molecule has 3 unspecified atom stereocenters. The molecule has 1 aromatic carbocycles. The molecule has 3 amide bonds. The number of phenolic OH excluding ortho intramolecular Hbond substituents is 1. The van der Waals surface area contributed by atoms with Crippen molar-refractivity contribution >= 4 is 23.7 Å². The van der Waals surface area contributed by atoms with Crippen molar-refractivity contribution in [2.75, 3.05) is 13.1 Å². The van der Waals surface area contributed by atoms with Crippen LogP contribution in [0.1, 0.15) is 45.1 Å². The maximum absolute atomic E-state index is 13.0. The third-order valence-corrected chi connectivity index (χ3v) is 5.06. The summed E-state index contributed by atoms with van der Waals surface area (Å²) in [6, 6.07) is 3.49. The Labute approximate surface area is 199 Å². The lowest BCUT2D eigenvalue weighted by Crippen LogP contribution is -2.56. The minimum atomic E-state index is -1.20. The van der Waals surface area contributed by atoms with Gasteiger partial charge in [-0.2, -0.15) is 0 Å². The Morgan fingerprint density at radius 1 is 0.941 bits per heavy atom. The van der Waals surface area contributed by atoms with Crippen LogP contribution in [0.3, 0.4) is 0 Å². The fraction of sp³-hybridized carbons (Fsp3) is 0.565. The Balaban J connectivity index is 2.85. The van der Waals surface area contributed by atoms with E-state index in [1.54, 1.807) is 12.1 Å². The normalized spacial score (nSPS) is 13.6. The lowest BCUT2D eigenvalue weighted by atomic mass is 10.0. The highest BCUT2D eigenvalue weighted by Gasteiger charge is 2.28. The highest BCUT2D eigenvalue weighted by atomic mass is 16.4. The number of nitrogens with one attached hydrogen (secondary N) is 3. The van der Waals surface area contributed by atoms with Crippen LogP contribution in [0.2, 0.25) is 0 Å². The van der Waals surface area contributed by atoms with Gasteiger partial charge in [0.25, 0.3) is 0 Å². The number of benzene rings is 1. The Morgan fingerprint density at radius 2 is 1.56 bits per heavy atom. The number of carbonyl (C=O) groups is 4. The van der Waals surface area contributed by atoms with E-state index >= 15 is 0 Å². The Bertz CT molecular complexity index is 815. The first-order valence-electron chi connectivity index (χ1n) is 11.4. The van der Waals surface area contributed by atoms with Crippen LogP contribution >= 0.6 is 0 Å². The van der Waals surface area contributed by atoms with Crippen LogP contribution in [0, 0.1) is 5.92 Å². The molecule has 0 saturated carbocycles. The lowest BCUT2D eigenvalue weighted by Gasteiger charge is -2.25.